The van der Waals surface area contributed by atoms with Gasteiger partial charge in [0, 0.05) is 51.5 Å². The molecular weight excluding hydrogens is 316 g/mol. The van der Waals surface area contributed by atoms with Crippen molar-refractivity contribution >= 4 is 17.5 Å². The van der Waals surface area contributed by atoms with E-state index in [2.05, 4.69) is 14.9 Å². The van der Waals surface area contributed by atoms with Crippen molar-refractivity contribution in [2.24, 2.45) is 5.92 Å². The van der Waals surface area contributed by atoms with E-state index in [-0.39, 0.29) is 5.92 Å². The molecule has 2 saturated heterocycles. The molecule has 3 heterocycles. The van der Waals surface area contributed by atoms with Gasteiger partial charge < -0.3 is 9.64 Å². The molecule has 0 saturated carbocycles. The number of carbonyl (C=O) groups excluding carboxylic acids is 1. The van der Waals surface area contributed by atoms with Crippen molar-refractivity contribution in [1.29, 1.82) is 0 Å². The van der Waals surface area contributed by atoms with Crippen LogP contribution in [0, 0.1) is 5.92 Å². The molecule has 3 rings (SSSR count). The van der Waals surface area contributed by atoms with Gasteiger partial charge >= 0.3 is 0 Å². The second kappa shape index (κ2) is 8.13. The Labute approximate surface area is 142 Å². The molecule has 0 N–H and O–H groups in total. The Hall–Kier alpha value is -1.11. The minimum atomic E-state index is 0.168. The van der Waals surface area contributed by atoms with Crippen LogP contribution in [0.2, 0.25) is 5.02 Å². The van der Waals surface area contributed by atoms with Crippen LogP contribution in [0.3, 0.4) is 0 Å². The number of carbonyl (C=O) groups is 1. The molecule has 0 aromatic carbocycles. The standard InChI is InChI=1S/C16H25ClN4O2/c17-15-12-18-21(13-15)9-7-19-4-1-5-20(8-6-19)16(22)14-2-10-23-11-3-14/h12-14H,1-11H2. The summed E-state index contributed by atoms with van der Waals surface area (Å²) >= 11 is 5.89. The Kier molecular flexibility index (Phi) is 5.91. The smallest absolute Gasteiger partial charge is 0.225 e. The number of hydrogen-bond donors (Lipinski definition) is 0. The largest absolute Gasteiger partial charge is 0.381 e. The average Bonchev–Trinajstić information content (AvgIpc) is 2.86. The fraction of sp³-hybridized carbons (Fsp3) is 0.750. The Morgan fingerprint density at radius 3 is 2.78 bits per heavy atom. The van der Waals surface area contributed by atoms with Crippen molar-refractivity contribution in [2.75, 3.05) is 45.9 Å². The summed E-state index contributed by atoms with van der Waals surface area (Å²) in [5, 5.41) is 4.88. The lowest BCUT2D eigenvalue weighted by atomic mass is 9.98. The van der Waals surface area contributed by atoms with Crippen molar-refractivity contribution in [1.82, 2.24) is 19.6 Å². The van der Waals surface area contributed by atoms with Crippen LogP contribution in [-0.2, 0) is 16.1 Å². The zero-order valence-corrected chi connectivity index (χ0v) is 14.2. The van der Waals surface area contributed by atoms with Crippen LogP contribution < -0.4 is 0 Å². The van der Waals surface area contributed by atoms with Crippen molar-refractivity contribution in [3.63, 3.8) is 0 Å². The van der Waals surface area contributed by atoms with Gasteiger partial charge in [0.15, 0.2) is 0 Å². The van der Waals surface area contributed by atoms with Gasteiger partial charge in [-0.05, 0) is 25.8 Å². The van der Waals surface area contributed by atoms with Crippen molar-refractivity contribution in [3.8, 4) is 0 Å². The van der Waals surface area contributed by atoms with Crippen LogP contribution in [0.15, 0.2) is 12.4 Å². The lowest BCUT2D eigenvalue weighted by Gasteiger charge is -2.28. The van der Waals surface area contributed by atoms with E-state index in [1.165, 1.54) is 0 Å². The van der Waals surface area contributed by atoms with Crippen molar-refractivity contribution < 1.29 is 9.53 Å². The molecule has 23 heavy (non-hydrogen) atoms. The lowest BCUT2D eigenvalue weighted by molar-refractivity contribution is -0.138. The van der Waals surface area contributed by atoms with Crippen LogP contribution in [0.5, 0.6) is 0 Å². The zero-order chi connectivity index (χ0) is 16.1. The maximum absolute atomic E-state index is 12.6. The fourth-order valence-corrected chi connectivity index (χ4v) is 3.48. The summed E-state index contributed by atoms with van der Waals surface area (Å²) in [4.78, 5) is 17.1. The molecule has 0 radical (unpaired) electrons. The summed E-state index contributed by atoms with van der Waals surface area (Å²) in [6, 6.07) is 0. The molecule has 128 valence electrons. The second-order valence-corrected chi connectivity index (χ2v) is 6.77. The maximum Gasteiger partial charge on any atom is 0.225 e. The number of aromatic nitrogens is 2. The highest BCUT2D eigenvalue weighted by Gasteiger charge is 2.27. The van der Waals surface area contributed by atoms with Gasteiger partial charge in [-0.2, -0.15) is 5.10 Å². The summed E-state index contributed by atoms with van der Waals surface area (Å²) in [6.07, 6.45) is 6.30. The number of nitrogens with zero attached hydrogens (tertiary/aromatic N) is 4. The second-order valence-electron chi connectivity index (χ2n) is 6.33. The van der Waals surface area contributed by atoms with E-state index in [1.54, 1.807) is 6.20 Å². The maximum atomic E-state index is 12.6. The fourth-order valence-electron chi connectivity index (χ4n) is 3.32. The summed E-state index contributed by atoms with van der Waals surface area (Å²) in [5.41, 5.74) is 0. The molecule has 0 bridgehead atoms. The molecule has 0 unspecified atom stereocenters. The Bertz CT molecular complexity index is 516. The lowest BCUT2D eigenvalue weighted by Crippen LogP contribution is -2.41. The van der Waals surface area contributed by atoms with Gasteiger partial charge in [-0.3, -0.25) is 14.4 Å². The molecule has 1 amide bonds. The minimum absolute atomic E-state index is 0.168. The summed E-state index contributed by atoms with van der Waals surface area (Å²) in [6.45, 7) is 6.90. The van der Waals surface area contributed by atoms with Crippen LogP contribution in [-0.4, -0.2) is 71.4 Å². The van der Waals surface area contributed by atoms with Gasteiger partial charge in [-0.1, -0.05) is 11.6 Å². The monoisotopic (exact) mass is 340 g/mol. The highest BCUT2D eigenvalue weighted by atomic mass is 35.5. The SMILES string of the molecule is O=C(C1CCOCC1)N1CCCN(CCn2cc(Cl)cn2)CC1. The summed E-state index contributed by atoms with van der Waals surface area (Å²) in [5.74, 6) is 0.496. The first-order valence-electron chi connectivity index (χ1n) is 8.49. The first-order valence-corrected chi connectivity index (χ1v) is 8.87. The summed E-state index contributed by atoms with van der Waals surface area (Å²) in [7, 11) is 0. The van der Waals surface area contributed by atoms with E-state index >= 15 is 0 Å². The molecule has 6 nitrogen and oxygen atoms in total. The summed E-state index contributed by atoms with van der Waals surface area (Å²) < 4.78 is 7.23. The normalized spacial score (nSPS) is 21.3. The predicted octanol–water partition coefficient (Wildman–Crippen LogP) is 1.50. The third kappa shape index (κ3) is 4.68. The molecular formula is C16H25ClN4O2. The number of halogens is 1. The highest BCUT2D eigenvalue weighted by Crippen LogP contribution is 2.18. The molecule has 1 aromatic rings. The number of rotatable bonds is 4. The minimum Gasteiger partial charge on any atom is -0.381 e. The number of ether oxygens (including phenoxy) is 1. The van der Waals surface area contributed by atoms with E-state index in [4.69, 9.17) is 16.3 Å². The third-order valence-corrected chi connectivity index (χ3v) is 4.91. The molecule has 0 atom stereocenters. The third-order valence-electron chi connectivity index (χ3n) is 4.72. The van der Waals surface area contributed by atoms with E-state index in [9.17, 15) is 4.79 Å². The molecule has 1 aromatic heterocycles. The van der Waals surface area contributed by atoms with Crippen molar-refractivity contribution in [3.05, 3.63) is 17.4 Å². The zero-order valence-electron chi connectivity index (χ0n) is 13.5. The van der Waals surface area contributed by atoms with E-state index in [1.807, 2.05) is 10.9 Å². The Morgan fingerprint density at radius 2 is 2.04 bits per heavy atom. The highest BCUT2D eigenvalue weighted by molar-refractivity contribution is 6.30. The van der Waals surface area contributed by atoms with E-state index in [0.29, 0.717) is 10.9 Å². The quantitative estimate of drug-likeness (QED) is 0.833. The average molecular weight is 341 g/mol. The van der Waals surface area contributed by atoms with Gasteiger partial charge in [0.25, 0.3) is 0 Å². The number of amides is 1. The molecule has 2 fully saturated rings. The molecule has 0 spiro atoms. The Morgan fingerprint density at radius 1 is 1.22 bits per heavy atom. The van der Waals surface area contributed by atoms with Crippen LogP contribution in [0.4, 0.5) is 0 Å². The van der Waals surface area contributed by atoms with Gasteiger partial charge in [0.2, 0.25) is 5.91 Å². The van der Waals surface area contributed by atoms with Crippen molar-refractivity contribution in [2.45, 2.75) is 25.8 Å². The first-order chi connectivity index (χ1) is 11.2. The number of hydrogen-bond acceptors (Lipinski definition) is 4. The van der Waals surface area contributed by atoms with Crippen LogP contribution in [0.25, 0.3) is 0 Å². The van der Waals surface area contributed by atoms with Gasteiger partial charge in [0.1, 0.15) is 0 Å². The molecule has 2 aliphatic rings. The van der Waals surface area contributed by atoms with E-state index < -0.39 is 0 Å². The van der Waals surface area contributed by atoms with Gasteiger partial charge in [-0.25, -0.2) is 0 Å². The van der Waals surface area contributed by atoms with Gasteiger partial charge in [0.05, 0.1) is 17.8 Å². The van der Waals surface area contributed by atoms with E-state index in [0.717, 1.165) is 71.7 Å². The molecule has 2 aliphatic heterocycles. The predicted molar refractivity (Wildman–Crippen MR) is 88.4 cm³/mol. The van der Waals surface area contributed by atoms with Crippen LogP contribution in [0.1, 0.15) is 19.3 Å². The first kappa shape index (κ1) is 16.7. The van der Waals surface area contributed by atoms with Crippen LogP contribution >= 0.6 is 11.6 Å². The van der Waals surface area contributed by atoms with Gasteiger partial charge in [-0.15, -0.1) is 0 Å². The topological polar surface area (TPSA) is 50.6 Å². The molecule has 0 aliphatic carbocycles. The molecule has 7 heteroatoms. The Balaban J connectivity index is 1.45.